The van der Waals surface area contributed by atoms with Gasteiger partial charge in [0.2, 0.25) is 5.91 Å². The molecule has 0 spiro atoms. The maximum absolute atomic E-state index is 12.6. The van der Waals surface area contributed by atoms with Crippen LogP contribution in [0.15, 0.2) is 21.3 Å². The fraction of sp³-hybridized carbons (Fsp3) is 0.542. The summed E-state index contributed by atoms with van der Waals surface area (Å²) in [5.74, 6) is 0.584. The minimum absolute atomic E-state index is 0.198. The summed E-state index contributed by atoms with van der Waals surface area (Å²) in [6, 6.07) is 3.75. The van der Waals surface area contributed by atoms with Crippen molar-refractivity contribution in [1.82, 2.24) is 10.2 Å². The van der Waals surface area contributed by atoms with Gasteiger partial charge in [0.25, 0.3) is 5.91 Å². The molecule has 1 aliphatic carbocycles. The van der Waals surface area contributed by atoms with E-state index in [0.717, 1.165) is 67.1 Å². The molecule has 1 saturated heterocycles. The van der Waals surface area contributed by atoms with Gasteiger partial charge in [-0.05, 0) is 75.6 Å². The first-order valence-corrected chi connectivity index (χ1v) is 11.3. The summed E-state index contributed by atoms with van der Waals surface area (Å²) in [6.45, 7) is 5.61. The van der Waals surface area contributed by atoms with Crippen LogP contribution in [0.25, 0.3) is 11.0 Å². The highest BCUT2D eigenvalue weighted by atomic mass is 16.5. The van der Waals surface area contributed by atoms with E-state index in [9.17, 15) is 14.4 Å². The van der Waals surface area contributed by atoms with Crippen LogP contribution in [0.3, 0.4) is 0 Å². The van der Waals surface area contributed by atoms with Gasteiger partial charge in [0.05, 0.1) is 5.39 Å². The van der Waals surface area contributed by atoms with Crippen LogP contribution in [0.4, 0.5) is 0 Å². The lowest BCUT2D eigenvalue weighted by molar-refractivity contribution is -0.127. The Bertz CT molecular complexity index is 1060. The topological polar surface area (TPSA) is 88.9 Å². The van der Waals surface area contributed by atoms with Crippen LogP contribution in [0.1, 0.15) is 55.7 Å². The van der Waals surface area contributed by atoms with Gasteiger partial charge in [-0.1, -0.05) is 0 Å². The number of hydrogen-bond donors (Lipinski definition) is 1. The summed E-state index contributed by atoms with van der Waals surface area (Å²) in [7, 11) is 0. The Kier molecular flexibility index (Phi) is 6.30. The highest BCUT2D eigenvalue weighted by Gasteiger charge is 2.24. The minimum Gasteiger partial charge on any atom is -0.480 e. The molecule has 1 aromatic heterocycles. The zero-order valence-corrected chi connectivity index (χ0v) is 18.3. The fourth-order valence-electron chi connectivity index (χ4n) is 4.57. The lowest BCUT2D eigenvalue weighted by Gasteiger charge is -2.21. The molecule has 2 aliphatic rings. The summed E-state index contributed by atoms with van der Waals surface area (Å²) in [5, 5.41) is 3.71. The first-order chi connectivity index (χ1) is 14.9. The first kappa shape index (κ1) is 21.4. The quantitative estimate of drug-likeness (QED) is 0.543. The molecular formula is C24H30N2O5. The van der Waals surface area contributed by atoms with Crippen LogP contribution in [-0.4, -0.2) is 42.5 Å². The Balaban J connectivity index is 1.45. The molecule has 1 fully saturated rings. The number of nitrogens with zero attached hydrogens (tertiary/aromatic N) is 1. The summed E-state index contributed by atoms with van der Waals surface area (Å²) in [6.07, 6.45) is 5.11. The predicted molar refractivity (Wildman–Crippen MR) is 117 cm³/mol. The lowest BCUT2D eigenvalue weighted by Crippen LogP contribution is -2.38. The van der Waals surface area contributed by atoms with Crippen LogP contribution < -0.4 is 15.7 Å². The molecule has 7 nitrogen and oxygen atoms in total. The molecule has 0 radical (unpaired) electrons. The number of amides is 2. The van der Waals surface area contributed by atoms with Crippen molar-refractivity contribution in [3.63, 3.8) is 0 Å². The van der Waals surface area contributed by atoms with Crippen LogP contribution >= 0.6 is 0 Å². The maximum Gasteiger partial charge on any atom is 0.339 e. The van der Waals surface area contributed by atoms with Gasteiger partial charge in [-0.15, -0.1) is 0 Å². The Morgan fingerprint density at radius 3 is 2.68 bits per heavy atom. The number of rotatable bonds is 7. The summed E-state index contributed by atoms with van der Waals surface area (Å²) in [4.78, 5) is 38.5. The number of ether oxygens (including phenoxy) is 1. The second kappa shape index (κ2) is 9.12. The predicted octanol–water partition coefficient (Wildman–Crippen LogP) is 2.88. The number of fused-ring (bicyclic) bond motifs is 3. The van der Waals surface area contributed by atoms with Gasteiger partial charge < -0.3 is 19.4 Å². The monoisotopic (exact) mass is 426 g/mol. The van der Waals surface area contributed by atoms with Crippen molar-refractivity contribution in [2.75, 3.05) is 19.6 Å². The van der Waals surface area contributed by atoms with Crippen molar-refractivity contribution in [3.8, 4) is 5.75 Å². The van der Waals surface area contributed by atoms with E-state index in [1.54, 1.807) is 6.92 Å². The molecule has 7 heteroatoms. The highest BCUT2D eigenvalue weighted by molar-refractivity contribution is 5.89. The van der Waals surface area contributed by atoms with E-state index < -0.39 is 6.10 Å². The van der Waals surface area contributed by atoms with E-state index in [4.69, 9.17) is 9.15 Å². The van der Waals surface area contributed by atoms with Crippen LogP contribution in [0.2, 0.25) is 0 Å². The molecule has 2 aromatic rings. The second-order valence-electron chi connectivity index (χ2n) is 8.58. The number of likely N-dealkylation sites (tertiary alicyclic amines) is 1. The average molecular weight is 427 g/mol. The fourth-order valence-corrected chi connectivity index (χ4v) is 4.57. The lowest BCUT2D eigenvalue weighted by atomic mass is 9.90. The van der Waals surface area contributed by atoms with Crippen LogP contribution in [-0.2, 0) is 22.4 Å². The van der Waals surface area contributed by atoms with E-state index in [1.165, 1.54) is 0 Å². The molecule has 2 amide bonds. The van der Waals surface area contributed by atoms with Gasteiger partial charge >= 0.3 is 5.63 Å². The van der Waals surface area contributed by atoms with Crippen molar-refractivity contribution in [2.45, 2.75) is 64.9 Å². The number of carbonyl (C=O) groups excluding carboxylic acids is 2. The molecule has 0 unspecified atom stereocenters. The zero-order chi connectivity index (χ0) is 22.0. The molecule has 1 N–H and O–H groups in total. The van der Waals surface area contributed by atoms with Gasteiger partial charge in [-0.2, -0.15) is 0 Å². The molecule has 0 bridgehead atoms. The molecular weight excluding hydrogens is 396 g/mol. The standard InChI is InChI=1S/C24H30N2O5/c1-15-13-19(22-17-7-3-4-8-18(17)24(29)31-20(22)14-15)30-16(2)23(28)25-10-6-12-26-11-5-9-21(26)27/h13-14,16H,3-12H2,1-2H3,(H,25,28)/t16-/m1/s1. The first-order valence-electron chi connectivity index (χ1n) is 11.3. The van der Waals surface area contributed by atoms with Gasteiger partial charge in [0.1, 0.15) is 11.3 Å². The molecule has 166 valence electrons. The number of hydrogen-bond acceptors (Lipinski definition) is 5. The molecule has 1 aromatic carbocycles. The smallest absolute Gasteiger partial charge is 0.339 e. The van der Waals surface area contributed by atoms with Crippen LogP contribution in [0, 0.1) is 6.92 Å². The van der Waals surface area contributed by atoms with Crippen molar-refractivity contribution in [3.05, 3.63) is 39.2 Å². The van der Waals surface area contributed by atoms with Crippen molar-refractivity contribution in [2.24, 2.45) is 0 Å². The van der Waals surface area contributed by atoms with Crippen molar-refractivity contribution < 1.29 is 18.7 Å². The third kappa shape index (κ3) is 4.60. The Morgan fingerprint density at radius 2 is 1.94 bits per heavy atom. The van der Waals surface area contributed by atoms with E-state index in [0.29, 0.717) is 30.8 Å². The number of nitrogens with one attached hydrogen (secondary N) is 1. The zero-order valence-electron chi connectivity index (χ0n) is 18.3. The van der Waals surface area contributed by atoms with E-state index in [2.05, 4.69) is 5.32 Å². The highest BCUT2D eigenvalue weighted by Crippen LogP contribution is 2.35. The van der Waals surface area contributed by atoms with Gasteiger partial charge in [-0.3, -0.25) is 9.59 Å². The Labute approximate surface area is 181 Å². The largest absolute Gasteiger partial charge is 0.480 e. The van der Waals surface area contributed by atoms with E-state index >= 15 is 0 Å². The second-order valence-corrected chi connectivity index (χ2v) is 8.58. The number of carbonyl (C=O) groups is 2. The van der Waals surface area contributed by atoms with E-state index in [1.807, 2.05) is 24.0 Å². The summed E-state index contributed by atoms with van der Waals surface area (Å²) in [5.41, 5.74) is 2.89. The maximum atomic E-state index is 12.6. The van der Waals surface area contributed by atoms with E-state index in [-0.39, 0.29) is 17.4 Å². The third-order valence-corrected chi connectivity index (χ3v) is 6.18. The normalized spacial score (nSPS) is 17.0. The average Bonchev–Trinajstić information content (AvgIpc) is 3.15. The molecule has 2 heterocycles. The third-order valence-electron chi connectivity index (χ3n) is 6.18. The number of benzene rings is 1. The van der Waals surface area contributed by atoms with Gasteiger partial charge in [0.15, 0.2) is 6.10 Å². The molecule has 1 atom stereocenters. The van der Waals surface area contributed by atoms with Crippen molar-refractivity contribution in [1.29, 1.82) is 0 Å². The number of aryl methyl sites for hydroxylation is 2. The Hall–Kier alpha value is -2.83. The SMILES string of the molecule is Cc1cc(O[C@H](C)C(=O)NCCCN2CCCC2=O)c2c3c(c(=O)oc2c1)CCCC3. The molecule has 1 aliphatic heterocycles. The summed E-state index contributed by atoms with van der Waals surface area (Å²) >= 11 is 0. The van der Waals surface area contributed by atoms with Crippen LogP contribution in [0.5, 0.6) is 5.75 Å². The summed E-state index contributed by atoms with van der Waals surface area (Å²) < 4.78 is 11.7. The molecule has 31 heavy (non-hydrogen) atoms. The Morgan fingerprint density at radius 1 is 1.16 bits per heavy atom. The molecule has 0 saturated carbocycles. The minimum atomic E-state index is -0.690. The van der Waals surface area contributed by atoms with Gasteiger partial charge in [0, 0.05) is 31.6 Å². The van der Waals surface area contributed by atoms with Crippen molar-refractivity contribution >= 4 is 22.8 Å². The molecule has 4 rings (SSSR count). The van der Waals surface area contributed by atoms with Gasteiger partial charge in [-0.25, -0.2) is 4.79 Å².